The van der Waals surface area contributed by atoms with Gasteiger partial charge in [-0.2, -0.15) is 11.8 Å². The van der Waals surface area contributed by atoms with Gasteiger partial charge in [0.1, 0.15) is 5.72 Å². The molecule has 1 unspecified atom stereocenters. The van der Waals surface area contributed by atoms with Gasteiger partial charge in [0.2, 0.25) is 0 Å². The minimum Gasteiger partial charge on any atom is -0.376 e. The average Bonchev–Trinajstić information content (AvgIpc) is 2.08. The van der Waals surface area contributed by atoms with Gasteiger partial charge in [0.25, 0.3) is 0 Å². The van der Waals surface area contributed by atoms with Crippen LogP contribution in [0.15, 0.2) is 0 Å². The number of thioether (sulfide) groups is 1. The van der Waals surface area contributed by atoms with Crippen molar-refractivity contribution in [2.45, 2.75) is 41.9 Å². The van der Waals surface area contributed by atoms with E-state index in [0.29, 0.717) is 10.5 Å². The van der Waals surface area contributed by atoms with E-state index in [2.05, 4.69) is 0 Å². The first kappa shape index (κ1) is 6.95. The Hall–Kier alpha value is 0.270. The normalized spacial score (nSPS) is 53.4. The largest absolute Gasteiger partial charge is 0.376 e. The topological polar surface area (TPSA) is 46.2 Å². The van der Waals surface area contributed by atoms with Crippen molar-refractivity contribution in [3.8, 4) is 0 Å². The van der Waals surface area contributed by atoms with Crippen molar-refractivity contribution in [2.75, 3.05) is 0 Å². The van der Waals surface area contributed by atoms with E-state index in [0.717, 1.165) is 12.8 Å². The predicted molar refractivity (Wildman–Crippen MR) is 42.8 cm³/mol. The molecule has 0 saturated carbocycles. The molecule has 0 aromatic carbocycles. The van der Waals surface area contributed by atoms with Crippen LogP contribution in [0, 0.1) is 0 Å². The molecule has 2 aliphatic rings. The smallest absolute Gasteiger partial charge is 0.115 e. The predicted octanol–water partition coefficient (Wildman–Crippen LogP) is 0.692. The van der Waals surface area contributed by atoms with Crippen molar-refractivity contribution < 1.29 is 5.11 Å². The second kappa shape index (κ2) is 2.13. The van der Waals surface area contributed by atoms with Gasteiger partial charge in [-0.05, 0) is 12.8 Å². The third-order valence-corrected chi connectivity index (χ3v) is 3.93. The van der Waals surface area contributed by atoms with Crippen molar-refractivity contribution in [3.05, 3.63) is 0 Å². The van der Waals surface area contributed by atoms with Crippen LogP contribution in [0.25, 0.3) is 0 Å². The molecule has 58 valence electrons. The summed E-state index contributed by atoms with van der Waals surface area (Å²) >= 11 is 2.01. The molecule has 2 nitrogen and oxygen atoms in total. The molecule has 0 aromatic heterocycles. The van der Waals surface area contributed by atoms with Gasteiger partial charge in [0.05, 0.1) is 0 Å². The van der Waals surface area contributed by atoms with Crippen molar-refractivity contribution in [2.24, 2.45) is 5.73 Å². The van der Waals surface area contributed by atoms with Crippen LogP contribution < -0.4 is 5.73 Å². The molecule has 2 bridgehead atoms. The van der Waals surface area contributed by atoms with Gasteiger partial charge in [-0.1, -0.05) is 0 Å². The molecule has 0 aromatic rings. The highest BCUT2D eigenvalue weighted by molar-refractivity contribution is 8.00. The van der Waals surface area contributed by atoms with E-state index in [1.165, 1.54) is 12.8 Å². The second-order valence-electron chi connectivity index (χ2n) is 3.47. The van der Waals surface area contributed by atoms with Gasteiger partial charge < -0.3 is 10.8 Å². The Bertz CT molecular complexity index is 135. The first-order chi connectivity index (χ1) is 4.66. The van der Waals surface area contributed by atoms with Crippen LogP contribution in [-0.4, -0.2) is 21.3 Å². The van der Waals surface area contributed by atoms with E-state index in [1.54, 1.807) is 0 Å². The molecule has 2 saturated heterocycles. The number of fused-ring (bicyclic) bond motifs is 2. The van der Waals surface area contributed by atoms with Gasteiger partial charge in [0.15, 0.2) is 0 Å². The number of nitrogens with two attached hydrogens (primary N) is 1. The second-order valence-corrected chi connectivity index (χ2v) is 5.07. The summed E-state index contributed by atoms with van der Waals surface area (Å²) in [5.41, 5.74) is 4.80. The molecule has 3 atom stereocenters. The van der Waals surface area contributed by atoms with E-state index in [1.807, 2.05) is 11.8 Å². The fourth-order valence-electron chi connectivity index (χ4n) is 1.95. The molecule has 2 aliphatic heterocycles. The first-order valence-electron chi connectivity index (χ1n) is 3.82. The van der Waals surface area contributed by atoms with Crippen LogP contribution in [-0.2, 0) is 0 Å². The van der Waals surface area contributed by atoms with Crippen LogP contribution in [0.5, 0.6) is 0 Å². The lowest BCUT2D eigenvalue weighted by Crippen LogP contribution is -2.45. The van der Waals surface area contributed by atoms with Crippen LogP contribution in [0.4, 0.5) is 0 Å². The minimum atomic E-state index is -0.836. The number of aliphatic hydroxyl groups is 1. The zero-order valence-corrected chi connectivity index (χ0v) is 6.73. The van der Waals surface area contributed by atoms with Gasteiger partial charge in [0, 0.05) is 23.3 Å². The lowest BCUT2D eigenvalue weighted by atomic mass is 10.1. The third-order valence-electron chi connectivity index (χ3n) is 2.36. The highest BCUT2D eigenvalue weighted by Crippen LogP contribution is 2.45. The Kier molecular flexibility index (Phi) is 1.48. The van der Waals surface area contributed by atoms with Crippen LogP contribution in [0.3, 0.4) is 0 Å². The number of hydrogen-bond acceptors (Lipinski definition) is 3. The molecule has 3 N–H and O–H groups in total. The van der Waals surface area contributed by atoms with Crippen molar-refractivity contribution in [1.29, 1.82) is 0 Å². The molecular weight excluding hydrogens is 146 g/mol. The average molecular weight is 159 g/mol. The van der Waals surface area contributed by atoms with E-state index < -0.39 is 5.72 Å². The fourth-order valence-corrected chi connectivity index (χ4v) is 3.81. The minimum absolute atomic E-state index is 0.647. The van der Waals surface area contributed by atoms with E-state index >= 15 is 0 Å². The summed E-state index contributed by atoms with van der Waals surface area (Å²) in [6, 6.07) is 0. The summed E-state index contributed by atoms with van der Waals surface area (Å²) in [6.07, 6.45) is 4.12. The van der Waals surface area contributed by atoms with Gasteiger partial charge in [-0.25, -0.2) is 0 Å². The molecule has 2 heterocycles. The summed E-state index contributed by atoms with van der Waals surface area (Å²) < 4.78 is 0. The summed E-state index contributed by atoms with van der Waals surface area (Å²) in [6.45, 7) is 0. The molecule has 10 heavy (non-hydrogen) atoms. The molecular formula is C7H13NOS. The van der Waals surface area contributed by atoms with Crippen molar-refractivity contribution in [3.63, 3.8) is 0 Å². The molecule has 0 spiro atoms. The highest BCUT2D eigenvalue weighted by atomic mass is 32.2. The van der Waals surface area contributed by atoms with Gasteiger partial charge >= 0.3 is 0 Å². The monoisotopic (exact) mass is 159 g/mol. The maximum absolute atomic E-state index is 9.52. The summed E-state index contributed by atoms with van der Waals surface area (Å²) in [4.78, 5) is 0. The lowest BCUT2D eigenvalue weighted by Gasteiger charge is -2.32. The van der Waals surface area contributed by atoms with Gasteiger partial charge in [-0.3, -0.25) is 0 Å². The van der Waals surface area contributed by atoms with E-state index in [9.17, 15) is 5.11 Å². The van der Waals surface area contributed by atoms with Crippen molar-refractivity contribution >= 4 is 11.8 Å². The van der Waals surface area contributed by atoms with Crippen LogP contribution in [0.1, 0.15) is 25.7 Å². The van der Waals surface area contributed by atoms with Crippen LogP contribution >= 0.6 is 11.8 Å². The van der Waals surface area contributed by atoms with Crippen LogP contribution in [0.2, 0.25) is 0 Å². The summed E-state index contributed by atoms with van der Waals surface area (Å²) in [5.74, 6) is 0. The number of rotatable bonds is 0. The Morgan fingerprint density at radius 3 is 2.30 bits per heavy atom. The SMILES string of the molecule is NC1(O)C[C@H]2CC[C@@H](C1)S2. The fraction of sp³-hybridized carbons (Fsp3) is 1.00. The Morgan fingerprint density at radius 2 is 1.80 bits per heavy atom. The van der Waals surface area contributed by atoms with Gasteiger partial charge in [-0.15, -0.1) is 0 Å². The lowest BCUT2D eigenvalue weighted by molar-refractivity contribution is 0.0305. The standard InChI is InChI=1S/C7H13NOS/c8-7(9)3-5-1-2-6(4-7)10-5/h5-6,9H,1-4,8H2/t5-,6+,7?. The molecule has 0 aliphatic carbocycles. The first-order valence-corrected chi connectivity index (χ1v) is 4.77. The Morgan fingerprint density at radius 1 is 1.30 bits per heavy atom. The molecule has 3 heteroatoms. The molecule has 0 radical (unpaired) electrons. The number of hydrogen-bond donors (Lipinski definition) is 2. The maximum atomic E-state index is 9.52. The highest BCUT2D eigenvalue weighted by Gasteiger charge is 2.40. The molecule has 2 rings (SSSR count). The third kappa shape index (κ3) is 1.18. The maximum Gasteiger partial charge on any atom is 0.115 e. The summed E-state index contributed by atoms with van der Waals surface area (Å²) in [7, 11) is 0. The summed E-state index contributed by atoms with van der Waals surface area (Å²) in [5, 5.41) is 10.8. The Balaban J connectivity index is 2.09. The quantitative estimate of drug-likeness (QED) is 0.511. The molecule has 2 fully saturated rings. The van der Waals surface area contributed by atoms with E-state index in [-0.39, 0.29) is 0 Å². The zero-order valence-electron chi connectivity index (χ0n) is 5.92. The zero-order chi connectivity index (χ0) is 7.19. The van der Waals surface area contributed by atoms with Crippen molar-refractivity contribution in [1.82, 2.24) is 0 Å². The van der Waals surface area contributed by atoms with E-state index in [4.69, 9.17) is 5.73 Å². The Labute approximate surface area is 65.2 Å². The molecule has 0 amide bonds.